The predicted octanol–water partition coefficient (Wildman–Crippen LogP) is -0.260. The molecule has 2 N–H and O–H groups in total. The molecule has 0 amide bonds. The van der Waals surface area contributed by atoms with Crippen LogP contribution in [-0.2, 0) is 9.47 Å². The smallest absolute Gasteiger partial charge is 0.312 e. The van der Waals surface area contributed by atoms with E-state index in [1.807, 2.05) is 0 Å². The Morgan fingerprint density at radius 1 is 1.33 bits per heavy atom. The Balaban J connectivity index is 2.08. The van der Waals surface area contributed by atoms with Crippen LogP contribution in [0.3, 0.4) is 0 Å². The monoisotopic (exact) mass is 171 g/mol. The molecule has 0 bridgehead atoms. The van der Waals surface area contributed by atoms with Gasteiger partial charge in [0.2, 0.25) is 5.89 Å². The third-order valence-corrected chi connectivity index (χ3v) is 1.55. The molecule has 1 aromatic heterocycles. The van der Waals surface area contributed by atoms with E-state index in [0.717, 1.165) is 0 Å². The Kier molecular flexibility index (Phi) is 1.92. The minimum atomic E-state index is -0.261. The molecule has 1 aromatic rings. The van der Waals surface area contributed by atoms with Gasteiger partial charge in [0.15, 0.2) is 6.10 Å². The maximum atomic E-state index is 5.30. The van der Waals surface area contributed by atoms with E-state index < -0.39 is 0 Å². The number of hydrogen-bond acceptors (Lipinski definition) is 6. The molecule has 1 saturated heterocycles. The van der Waals surface area contributed by atoms with Crippen LogP contribution in [0.25, 0.3) is 0 Å². The minimum Gasteiger partial charge on any atom is -0.405 e. The van der Waals surface area contributed by atoms with E-state index >= 15 is 0 Å². The average Bonchev–Trinajstić information content (AvgIpc) is 2.54. The normalized spacial score (nSPS) is 24.2. The minimum absolute atomic E-state index is 0.0548. The van der Waals surface area contributed by atoms with Crippen molar-refractivity contribution in [2.24, 2.45) is 0 Å². The van der Waals surface area contributed by atoms with E-state index in [-0.39, 0.29) is 12.1 Å². The molecule has 1 unspecified atom stereocenters. The maximum Gasteiger partial charge on any atom is 0.312 e. The standard InChI is InChI=1S/C6H9N3O3/c7-6-9-8-5(12-6)4-3-10-1-2-11-4/h4H,1-3H2,(H2,7,9). The second kappa shape index (κ2) is 3.08. The molecule has 12 heavy (non-hydrogen) atoms. The first-order valence-electron chi connectivity index (χ1n) is 3.64. The number of rotatable bonds is 1. The van der Waals surface area contributed by atoms with Crippen molar-refractivity contribution in [3.63, 3.8) is 0 Å². The Hall–Kier alpha value is -1.14. The summed E-state index contributed by atoms with van der Waals surface area (Å²) in [7, 11) is 0. The highest BCUT2D eigenvalue weighted by Crippen LogP contribution is 2.19. The summed E-state index contributed by atoms with van der Waals surface area (Å²) >= 11 is 0. The van der Waals surface area contributed by atoms with Gasteiger partial charge in [0.05, 0.1) is 19.8 Å². The summed E-state index contributed by atoms with van der Waals surface area (Å²) < 4.78 is 15.4. The van der Waals surface area contributed by atoms with Crippen LogP contribution in [-0.4, -0.2) is 30.0 Å². The molecule has 1 atom stereocenters. The number of nitrogens with zero attached hydrogens (tertiary/aromatic N) is 2. The van der Waals surface area contributed by atoms with Crippen LogP contribution in [0, 0.1) is 0 Å². The van der Waals surface area contributed by atoms with E-state index in [9.17, 15) is 0 Å². The first kappa shape index (κ1) is 7.51. The van der Waals surface area contributed by atoms with Gasteiger partial charge >= 0.3 is 6.01 Å². The average molecular weight is 171 g/mol. The zero-order chi connectivity index (χ0) is 8.39. The molecule has 6 nitrogen and oxygen atoms in total. The molecule has 0 spiro atoms. The first-order chi connectivity index (χ1) is 5.86. The first-order valence-corrected chi connectivity index (χ1v) is 3.64. The number of hydrogen-bond donors (Lipinski definition) is 1. The fraction of sp³-hybridized carbons (Fsp3) is 0.667. The highest BCUT2D eigenvalue weighted by Gasteiger charge is 2.21. The van der Waals surface area contributed by atoms with E-state index in [1.165, 1.54) is 0 Å². The van der Waals surface area contributed by atoms with Crippen molar-refractivity contribution in [3.8, 4) is 0 Å². The molecule has 0 radical (unpaired) electrons. The molecule has 0 saturated carbocycles. The van der Waals surface area contributed by atoms with Gasteiger partial charge in [0.1, 0.15) is 0 Å². The molecule has 66 valence electrons. The third kappa shape index (κ3) is 1.39. The fourth-order valence-electron chi connectivity index (χ4n) is 1.01. The van der Waals surface area contributed by atoms with Crippen molar-refractivity contribution in [2.45, 2.75) is 6.10 Å². The van der Waals surface area contributed by atoms with E-state index in [4.69, 9.17) is 19.6 Å². The van der Waals surface area contributed by atoms with Crippen LogP contribution < -0.4 is 5.73 Å². The zero-order valence-electron chi connectivity index (χ0n) is 6.40. The second-order valence-electron chi connectivity index (χ2n) is 2.41. The molecule has 0 aromatic carbocycles. The van der Waals surface area contributed by atoms with Gasteiger partial charge in [0, 0.05) is 0 Å². The Morgan fingerprint density at radius 2 is 2.25 bits per heavy atom. The highest BCUT2D eigenvalue weighted by atomic mass is 16.6. The molecular formula is C6H9N3O3. The van der Waals surface area contributed by atoms with Gasteiger partial charge < -0.3 is 19.6 Å². The third-order valence-electron chi connectivity index (χ3n) is 1.55. The lowest BCUT2D eigenvalue weighted by atomic mass is 10.3. The summed E-state index contributed by atoms with van der Waals surface area (Å²) in [5, 5.41) is 7.21. The maximum absolute atomic E-state index is 5.30. The quantitative estimate of drug-likeness (QED) is 0.626. The van der Waals surface area contributed by atoms with Gasteiger partial charge in [-0.1, -0.05) is 5.10 Å². The van der Waals surface area contributed by atoms with Crippen molar-refractivity contribution >= 4 is 6.01 Å². The Labute approximate surface area is 68.7 Å². The number of aromatic nitrogens is 2. The van der Waals surface area contributed by atoms with E-state index in [2.05, 4.69) is 10.2 Å². The number of anilines is 1. The van der Waals surface area contributed by atoms with Gasteiger partial charge in [-0.2, -0.15) is 0 Å². The van der Waals surface area contributed by atoms with Gasteiger partial charge in [-0.05, 0) is 0 Å². The topological polar surface area (TPSA) is 83.4 Å². The van der Waals surface area contributed by atoms with Crippen molar-refractivity contribution in [2.75, 3.05) is 25.6 Å². The van der Waals surface area contributed by atoms with Crippen LogP contribution in [0.5, 0.6) is 0 Å². The van der Waals surface area contributed by atoms with Crippen LogP contribution in [0.1, 0.15) is 12.0 Å². The molecule has 0 aliphatic carbocycles. The number of ether oxygens (including phenoxy) is 2. The highest BCUT2D eigenvalue weighted by molar-refractivity contribution is 5.06. The van der Waals surface area contributed by atoms with Crippen molar-refractivity contribution in [1.29, 1.82) is 0 Å². The molecule has 1 aliphatic rings. The SMILES string of the molecule is Nc1nnc(C2COCCO2)o1. The van der Waals surface area contributed by atoms with Crippen molar-refractivity contribution in [1.82, 2.24) is 10.2 Å². The number of nitrogens with two attached hydrogens (primary N) is 1. The lowest BCUT2D eigenvalue weighted by Crippen LogP contribution is -2.22. The lowest BCUT2D eigenvalue weighted by Gasteiger charge is -2.19. The van der Waals surface area contributed by atoms with Crippen LogP contribution in [0.2, 0.25) is 0 Å². The molecule has 2 rings (SSSR count). The summed E-state index contributed by atoms with van der Waals surface area (Å²) in [6, 6.07) is 0.0548. The molecular weight excluding hydrogens is 162 g/mol. The largest absolute Gasteiger partial charge is 0.405 e. The second-order valence-corrected chi connectivity index (χ2v) is 2.41. The fourth-order valence-corrected chi connectivity index (χ4v) is 1.01. The Morgan fingerprint density at radius 3 is 2.83 bits per heavy atom. The van der Waals surface area contributed by atoms with Crippen LogP contribution >= 0.6 is 0 Å². The lowest BCUT2D eigenvalue weighted by molar-refractivity contribution is -0.0994. The summed E-state index contributed by atoms with van der Waals surface area (Å²) in [6.45, 7) is 1.61. The number of nitrogen functional groups attached to an aromatic ring is 1. The van der Waals surface area contributed by atoms with Crippen molar-refractivity contribution in [3.05, 3.63) is 5.89 Å². The summed E-state index contributed by atoms with van der Waals surface area (Å²) in [5.41, 5.74) is 5.25. The van der Waals surface area contributed by atoms with E-state index in [1.54, 1.807) is 0 Å². The molecule has 1 aliphatic heterocycles. The zero-order valence-corrected chi connectivity index (χ0v) is 6.40. The van der Waals surface area contributed by atoms with Gasteiger partial charge in [0.25, 0.3) is 0 Å². The van der Waals surface area contributed by atoms with Crippen LogP contribution in [0.4, 0.5) is 6.01 Å². The van der Waals surface area contributed by atoms with E-state index in [0.29, 0.717) is 25.7 Å². The molecule has 2 heterocycles. The predicted molar refractivity (Wildman–Crippen MR) is 38.2 cm³/mol. The summed E-state index contributed by atoms with van der Waals surface area (Å²) in [5.74, 6) is 0.382. The van der Waals surface area contributed by atoms with Gasteiger partial charge in [-0.25, -0.2) is 0 Å². The van der Waals surface area contributed by atoms with Crippen molar-refractivity contribution < 1.29 is 13.9 Å². The summed E-state index contributed by atoms with van der Waals surface area (Å²) in [4.78, 5) is 0. The Bertz CT molecular complexity index is 256. The molecule has 6 heteroatoms. The van der Waals surface area contributed by atoms with Crippen LogP contribution in [0.15, 0.2) is 4.42 Å². The molecule has 1 fully saturated rings. The van der Waals surface area contributed by atoms with Gasteiger partial charge in [-0.15, -0.1) is 5.10 Å². The van der Waals surface area contributed by atoms with Gasteiger partial charge in [-0.3, -0.25) is 0 Å². The summed E-state index contributed by atoms with van der Waals surface area (Å²) in [6.07, 6.45) is -0.261.